The molecular formula is C4H5IN2O. The van der Waals surface area contributed by atoms with Gasteiger partial charge in [-0.2, -0.15) is 0 Å². The zero-order chi connectivity index (χ0) is 5.98. The number of anilines is 1. The lowest BCUT2D eigenvalue weighted by Crippen LogP contribution is -1.73. The number of hydrogen-bond donors (Lipinski definition) is 1. The Morgan fingerprint density at radius 1 is 1.88 bits per heavy atom. The van der Waals surface area contributed by atoms with Crippen molar-refractivity contribution in [3.8, 4) is 0 Å². The molecule has 0 saturated heterocycles. The average molecular weight is 224 g/mol. The minimum absolute atomic E-state index is 0.767. The van der Waals surface area contributed by atoms with Crippen LogP contribution in [-0.2, 0) is 0 Å². The summed E-state index contributed by atoms with van der Waals surface area (Å²) < 4.78 is 7.55. The molecule has 0 aliphatic rings. The Hall–Kier alpha value is -0.260. The van der Waals surface area contributed by atoms with Gasteiger partial charge in [0.15, 0.2) is 5.82 Å². The molecule has 1 N–H and O–H groups in total. The molecule has 0 fully saturated rings. The molecule has 0 radical (unpaired) electrons. The molecule has 0 atom stereocenters. The fourth-order valence-corrected chi connectivity index (χ4v) is 0.665. The van der Waals surface area contributed by atoms with Crippen LogP contribution in [0.3, 0.4) is 0 Å². The van der Waals surface area contributed by atoms with Crippen LogP contribution in [0, 0.1) is 6.92 Å². The molecular weight excluding hydrogens is 219 g/mol. The summed E-state index contributed by atoms with van der Waals surface area (Å²) in [5, 5.41) is 3.64. The Bertz CT molecular complexity index is 174. The number of hydrogen-bond acceptors (Lipinski definition) is 3. The van der Waals surface area contributed by atoms with E-state index in [1.165, 1.54) is 0 Å². The summed E-state index contributed by atoms with van der Waals surface area (Å²) in [4.78, 5) is 0. The first kappa shape index (κ1) is 5.87. The minimum atomic E-state index is 0.767. The Morgan fingerprint density at radius 2 is 2.62 bits per heavy atom. The van der Waals surface area contributed by atoms with E-state index in [9.17, 15) is 0 Å². The predicted molar refractivity (Wildman–Crippen MR) is 38.9 cm³/mol. The molecule has 1 heterocycles. The molecule has 44 valence electrons. The molecule has 4 heteroatoms. The van der Waals surface area contributed by atoms with Crippen LogP contribution in [0.5, 0.6) is 0 Å². The Balaban J connectivity index is 2.84. The summed E-state index contributed by atoms with van der Waals surface area (Å²) in [6.07, 6.45) is 0. The molecule has 0 saturated carbocycles. The van der Waals surface area contributed by atoms with Crippen LogP contribution < -0.4 is 3.53 Å². The van der Waals surface area contributed by atoms with Crippen LogP contribution in [0.1, 0.15) is 5.76 Å². The molecule has 0 spiro atoms. The van der Waals surface area contributed by atoms with Crippen molar-refractivity contribution >= 4 is 28.7 Å². The fourth-order valence-electron chi connectivity index (χ4n) is 0.411. The molecule has 0 bridgehead atoms. The monoisotopic (exact) mass is 224 g/mol. The first-order valence-electron chi connectivity index (χ1n) is 2.13. The van der Waals surface area contributed by atoms with Crippen LogP contribution >= 0.6 is 22.9 Å². The van der Waals surface area contributed by atoms with E-state index in [1.54, 1.807) is 0 Å². The molecule has 3 nitrogen and oxygen atoms in total. The van der Waals surface area contributed by atoms with Crippen molar-refractivity contribution < 1.29 is 4.52 Å². The Labute approximate surface area is 60.9 Å². The van der Waals surface area contributed by atoms with E-state index < -0.39 is 0 Å². The Morgan fingerprint density at radius 3 is 2.88 bits per heavy atom. The minimum Gasteiger partial charge on any atom is -0.360 e. The second kappa shape index (κ2) is 2.34. The highest BCUT2D eigenvalue weighted by Gasteiger charge is 1.93. The van der Waals surface area contributed by atoms with E-state index in [-0.39, 0.29) is 0 Å². The van der Waals surface area contributed by atoms with Gasteiger partial charge >= 0.3 is 0 Å². The third kappa shape index (κ3) is 1.12. The molecule has 1 aromatic rings. The Kier molecular flexibility index (Phi) is 1.72. The van der Waals surface area contributed by atoms with Crippen molar-refractivity contribution in [3.63, 3.8) is 0 Å². The molecule has 0 aliphatic carbocycles. The quantitative estimate of drug-likeness (QED) is 0.583. The summed E-state index contributed by atoms with van der Waals surface area (Å²) in [5.74, 6) is 1.59. The predicted octanol–water partition coefficient (Wildman–Crippen LogP) is 1.74. The molecule has 8 heavy (non-hydrogen) atoms. The molecule has 0 aromatic carbocycles. The van der Waals surface area contributed by atoms with Crippen molar-refractivity contribution in [2.24, 2.45) is 0 Å². The number of nitrogens with zero attached hydrogens (tertiary/aromatic N) is 1. The van der Waals surface area contributed by atoms with Gasteiger partial charge in [0.1, 0.15) is 5.76 Å². The van der Waals surface area contributed by atoms with Gasteiger partial charge in [0, 0.05) is 6.07 Å². The summed E-state index contributed by atoms with van der Waals surface area (Å²) in [6.45, 7) is 1.85. The molecule has 1 aromatic heterocycles. The van der Waals surface area contributed by atoms with Crippen molar-refractivity contribution in [2.45, 2.75) is 6.92 Å². The maximum absolute atomic E-state index is 4.74. The maximum atomic E-state index is 4.74. The van der Waals surface area contributed by atoms with Gasteiger partial charge in [0.2, 0.25) is 0 Å². The maximum Gasteiger partial charge on any atom is 0.178 e. The molecule has 0 unspecified atom stereocenters. The van der Waals surface area contributed by atoms with Crippen molar-refractivity contribution in [3.05, 3.63) is 11.8 Å². The number of rotatable bonds is 1. The van der Waals surface area contributed by atoms with Gasteiger partial charge in [-0.1, -0.05) is 5.16 Å². The molecule has 0 aliphatic heterocycles. The smallest absolute Gasteiger partial charge is 0.178 e. The van der Waals surface area contributed by atoms with Gasteiger partial charge in [-0.3, -0.25) is 0 Å². The number of nitrogens with one attached hydrogen (secondary N) is 1. The lowest BCUT2D eigenvalue weighted by molar-refractivity contribution is 0.400. The van der Waals surface area contributed by atoms with Crippen molar-refractivity contribution in [1.29, 1.82) is 0 Å². The average Bonchev–Trinajstić information content (AvgIpc) is 2.14. The number of halogens is 1. The lowest BCUT2D eigenvalue weighted by Gasteiger charge is -1.79. The number of aromatic nitrogens is 1. The third-order valence-electron chi connectivity index (χ3n) is 0.725. The van der Waals surface area contributed by atoms with Gasteiger partial charge in [0.05, 0.1) is 22.9 Å². The van der Waals surface area contributed by atoms with Crippen LogP contribution in [0.15, 0.2) is 10.6 Å². The second-order valence-electron chi connectivity index (χ2n) is 1.42. The van der Waals surface area contributed by atoms with Crippen LogP contribution in [0.2, 0.25) is 0 Å². The SMILES string of the molecule is Cc1cc(NI)no1. The van der Waals surface area contributed by atoms with E-state index in [1.807, 2.05) is 35.9 Å². The molecule has 0 amide bonds. The third-order valence-corrected chi connectivity index (χ3v) is 1.28. The van der Waals surface area contributed by atoms with Crippen molar-refractivity contribution in [2.75, 3.05) is 3.53 Å². The highest BCUT2D eigenvalue weighted by Crippen LogP contribution is 2.07. The van der Waals surface area contributed by atoms with Gasteiger partial charge < -0.3 is 8.05 Å². The second-order valence-corrected chi connectivity index (χ2v) is 1.96. The zero-order valence-corrected chi connectivity index (χ0v) is 6.47. The first-order valence-corrected chi connectivity index (χ1v) is 3.21. The normalized spacial score (nSPS) is 9.25. The highest BCUT2D eigenvalue weighted by atomic mass is 127. The lowest BCUT2D eigenvalue weighted by atomic mass is 10.5. The van der Waals surface area contributed by atoms with Crippen LogP contribution in [0.4, 0.5) is 5.82 Å². The standard InChI is InChI=1S/C4H5IN2O/c1-3-2-4(6-5)7-8-3/h2H,1H3,(H,6,7). The van der Waals surface area contributed by atoms with E-state index in [0.717, 1.165) is 11.6 Å². The van der Waals surface area contributed by atoms with Gasteiger partial charge in [-0.15, -0.1) is 0 Å². The van der Waals surface area contributed by atoms with Gasteiger partial charge in [-0.05, 0) is 6.92 Å². The van der Waals surface area contributed by atoms with E-state index in [4.69, 9.17) is 4.52 Å². The summed E-state index contributed by atoms with van der Waals surface area (Å²) >= 11 is 1.99. The van der Waals surface area contributed by atoms with Gasteiger partial charge in [-0.25, -0.2) is 0 Å². The summed E-state index contributed by atoms with van der Waals surface area (Å²) in [5.41, 5.74) is 0. The van der Waals surface area contributed by atoms with Crippen LogP contribution in [0.25, 0.3) is 0 Å². The molecule has 1 rings (SSSR count). The van der Waals surface area contributed by atoms with E-state index >= 15 is 0 Å². The van der Waals surface area contributed by atoms with Crippen molar-refractivity contribution in [1.82, 2.24) is 5.16 Å². The highest BCUT2D eigenvalue weighted by molar-refractivity contribution is 14.1. The zero-order valence-electron chi connectivity index (χ0n) is 4.31. The first-order chi connectivity index (χ1) is 3.83. The fraction of sp³-hybridized carbons (Fsp3) is 0.250. The topological polar surface area (TPSA) is 38.1 Å². The van der Waals surface area contributed by atoms with E-state index in [2.05, 4.69) is 8.69 Å². The van der Waals surface area contributed by atoms with Gasteiger partial charge in [0.25, 0.3) is 0 Å². The largest absolute Gasteiger partial charge is 0.360 e. The summed E-state index contributed by atoms with van der Waals surface area (Å²) in [6, 6.07) is 1.83. The summed E-state index contributed by atoms with van der Waals surface area (Å²) in [7, 11) is 0. The van der Waals surface area contributed by atoms with Crippen LogP contribution in [-0.4, -0.2) is 5.16 Å². The van der Waals surface area contributed by atoms with E-state index in [0.29, 0.717) is 0 Å². The number of aryl methyl sites for hydroxylation is 1.